The Kier molecular flexibility index (Phi) is 8.42. The second-order valence-electron chi connectivity index (χ2n) is 13.7. The van der Waals surface area contributed by atoms with Gasteiger partial charge in [-0.1, -0.05) is 165 Å². The van der Waals surface area contributed by atoms with Crippen LogP contribution in [0.4, 0.5) is 5.82 Å². The Hall–Kier alpha value is -6.25. The molecular formula is C50H40N2. The first-order chi connectivity index (χ1) is 25.8. The van der Waals surface area contributed by atoms with Gasteiger partial charge in [0.2, 0.25) is 0 Å². The molecule has 0 bridgehead atoms. The highest BCUT2D eigenvalue weighted by molar-refractivity contribution is 6.21. The van der Waals surface area contributed by atoms with Crippen LogP contribution in [0.25, 0.3) is 61.0 Å². The van der Waals surface area contributed by atoms with Crippen molar-refractivity contribution < 1.29 is 0 Å². The topological polar surface area (TPSA) is 16.1 Å². The minimum Gasteiger partial charge on any atom is -0.322 e. The van der Waals surface area contributed by atoms with Gasteiger partial charge < -0.3 is 4.90 Å². The smallest absolute Gasteiger partial charge is 0.137 e. The number of pyridine rings is 1. The zero-order chi connectivity index (χ0) is 34.9. The van der Waals surface area contributed by atoms with Crippen LogP contribution < -0.4 is 4.90 Å². The van der Waals surface area contributed by atoms with Crippen LogP contribution in [-0.4, -0.2) is 11.0 Å². The number of hydrogen-bond acceptors (Lipinski definition) is 2. The van der Waals surface area contributed by atoms with Crippen LogP contribution in [0.2, 0.25) is 0 Å². The predicted octanol–water partition coefficient (Wildman–Crippen LogP) is 13.2. The summed E-state index contributed by atoms with van der Waals surface area (Å²) >= 11 is 0. The monoisotopic (exact) mass is 668 g/mol. The molecule has 0 saturated heterocycles. The van der Waals surface area contributed by atoms with Crippen molar-refractivity contribution in [2.24, 2.45) is 0 Å². The molecule has 0 amide bonds. The highest BCUT2D eigenvalue weighted by atomic mass is 15.2. The number of aromatic nitrogens is 1. The number of nitrogens with zero attached hydrogens (tertiary/aromatic N) is 2. The molecule has 0 N–H and O–H groups in total. The molecule has 0 fully saturated rings. The third-order valence-electron chi connectivity index (χ3n) is 10.7. The normalized spacial score (nSPS) is 17.5. The molecule has 250 valence electrons. The Morgan fingerprint density at radius 1 is 0.635 bits per heavy atom. The molecule has 9 rings (SSSR count). The van der Waals surface area contributed by atoms with E-state index in [-0.39, 0.29) is 6.04 Å². The van der Waals surface area contributed by atoms with Gasteiger partial charge in [0.15, 0.2) is 0 Å². The van der Waals surface area contributed by atoms with Gasteiger partial charge >= 0.3 is 0 Å². The number of benzene rings is 6. The average Bonchev–Trinajstić information content (AvgIpc) is 3.53. The van der Waals surface area contributed by atoms with E-state index in [0.29, 0.717) is 5.92 Å². The summed E-state index contributed by atoms with van der Waals surface area (Å²) in [5.74, 6) is 1.42. The summed E-state index contributed by atoms with van der Waals surface area (Å²) in [6.07, 6.45) is 19.6. The second kappa shape index (κ2) is 13.8. The van der Waals surface area contributed by atoms with Crippen LogP contribution in [-0.2, 0) is 0 Å². The van der Waals surface area contributed by atoms with Crippen molar-refractivity contribution in [1.29, 1.82) is 0 Å². The van der Waals surface area contributed by atoms with Crippen LogP contribution in [0.3, 0.4) is 0 Å². The highest BCUT2D eigenvalue weighted by Crippen LogP contribution is 2.47. The Labute approximate surface area is 306 Å². The lowest BCUT2D eigenvalue weighted by molar-refractivity contribution is 0.704. The van der Waals surface area contributed by atoms with Crippen molar-refractivity contribution in [1.82, 2.24) is 4.98 Å². The summed E-state index contributed by atoms with van der Waals surface area (Å²) in [7, 11) is 0. The maximum absolute atomic E-state index is 4.86. The van der Waals surface area contributed by atoms with Crippen molar-refractivity contribution in [2.75, 3.05) is 4.90 Å². The molecule has 1 aliphatic heterocycles. The summed E-state index contributed by atoms with van der Waals surface area (Å²) in [6, 6.07) is 51.1. The molecule has 6 aromatic carbocycles. The minimum absolute atomic E-state index is 0.272. The van der Waals surface area contributed by atoms with Crippen molar-refractivity contribution in [3.63, 3.8) is 0 Å². The molecule has 0 saturated carbocycles. The lowest BCUT2D eigenvalue weighted by Gasteiger charge is -2.30. The van der Waals surface area contributed by atoms with Gasteiger partial charge in [-0.25, -0.2) is 4.98 Å². The summed E-state index contributed by atoms with van der Waals surface area (Å²) in [6.45, 7) is 2.28. The number of anilines is 1. The zero-order valence-electron chi connectivity index (χ0n) is 29.4. The average molecular weight is 669 g/mol. The van der Waals surface area contributed by atoms with Gasteiger partial charge in [-0.3, -0.25) is 0 Å². The van der Waals surface area contributed by atoms with E-state index in [4.69, 9.17) is 4.98 Å². The van der Waals surface area contributed by atoms with E-state index in [9.17, 15) is 0 Å². The molecule has 52 heavy (non-hydrogen) atoms. The molecular weight excluding hydrogens is 629 g/mol. The third kappa shape index (κ3) is 5.67. The molecule has 7 aromatic rings. The SMILES string of the molecule is CCC1/C(=C\C=C\c2cccc(-c3cccc(-c4c5ccccc5c(-c5ccccc5)c5ccccc45)c3)c2)N(C2C=CC=CC2)c2ncccc21. The Morgan fingerprint density at radius 3 is 1.96 bits per heavy atom. The molecule has 1 aromatic heterocycles. The van der Waals surface area contributed by atoms with Gasteiger partial charge in [-0.15, -0.1) is 0 Å². The molecule has 2 heterocycles. The third-order valence-corrected chi connectivity index (χ3v) is 10.7. The van der Waals surface area contributed by atoms with E-state index in [0.717, 1.165) is 18.7 Å². The van der Waals surface area contributed by atoms with E-state index >= 15 is 0 Å². The number of rotatable bonds is 7. The van der Waals surface area contributed by atoms with E-state index in [1.165, 1.54) is 71.7 Å². The van der Waals surface area contributed by atoms with Crippen molar-refractivity contribution in [2.45, 2.75) is 31.7 Å². The summed E-state index contributed by atoms with van der Waals surface area (Å²) in [5.41, 5.74) is 11.3. The van der Waals surface area contributed by atoms with E-state index < -0.39 is 0 Å². The number of fused-ring (bicyclic) bond motifs is 3. The molecule has 2 heteroatoms. The molecule has 0 spiro atoms. The van der Waals surface area contributed by atoms with Gasteiger partial charge in [-0.05, 0) is 97.6 Å². The maximum Gasteiger partial charge on any atom is 0.137 e. The maximum atomic E-state index is 4.86. The Morgan fingerprint density at radius 2 is 1.27 bits per heavy atom. The molecule has 2 aliphatic rings. The summed E-state index contributed by atoms with van der Waals surface area (Å²) in [5, 5.41) is 5.08. The van der Waals surface area contributed by atoms with E-state index in [1.807, 2.05) is 6.20 Å². The van der Waals surface area contributed by atoms with Crippen molar-refractivity contribution in [3.05, 3.63) is 199 Å². The van der Waals surface area contributed by atoms with Gasteiger partial charge in [0.05, 0.1) is 6.04 Å². The first kappa shape index (κ1) is 31.7. The fraction of sp³-hybridized carbons (Fsp3) is 0.100. The van der Waals surface area contributed by atoms with Crippen LogP contribution in [0.5, 0.6) is 0 Å². The van der Waals surface area contributed by atoms with Crippen LogP contribution in [0, 0.1) is 0 Å². The van der Waals surface area contributed by atoms with Crippen molar-refractivity contribution in [3.8, 4) is 33.4 Å². The van der Waals surface area contributed by atoms with Crippen LogP contribution in [0.15, 0.2) is 188 Å². The Balaban J connectivity index is 1.08. The second-order valence-corrected chi connectivity index (χ2v) is 13.7. The number of hydrogen-bond donors (Lipinski definition) is 0. The standard InChI is InChI=1S/C50H40N2/c1-2-41-46-30-16-32-51-50(46)52(40-24-7-4-8-25-40)47(41)31-14-18-35-17-13-21-37(33-35)38-22-15-23-39(34-38)49-44-28-11-9-26-42(44)48(36-19-5-3-6-20-36)43-27-10-12-29-45(43)49/h3-24,26-34,40-41H,2,25H2,1H3/b18-14+,47-31+. The van der Waals surface area contributed by atoms with Gasteiger partial charge in [0.25, 0.3) is 0 Å². The van der Waals surface area contributed by atoms with E-state index in [2.05, 4.69) is 194 Å². The predicted molar refractivity (Wildman–Crippen MR) is 221 cm³/mol. The quantitative estimate of drug-likeness (QED) is 0.157. The summed E-state index contributed by atoms with van der Waals surface area (Å²) < 4.78 is 0. The first-order valence-corrected chi connectivity index (χ1v) is 18.4. The molecule has 0 radical (unpaired) electrons. The minimum atomic E-state index is 0.272. The first-order valence-electron chi connectivity index (χ1n) is 18.4. The largest absolute Gasteiger partial charge is 0.322 e. The molecule has 2 atom stereocenters. The van der Waals surface area contributed by atoms with Gasteiger partial charge in [0, 0.05) is 23.4 Å². The molecule has 1 aliphatic carbocycles. The van der Waals surface area contributed by atoms with Crippen molar-refractivity contribution >= 4 is 33.4 Å². The summed E-state index contributed by atoms with van der Waals surface area (Å²) in [4.78, 5) is 7.31. The van der Waals surface area contributed by atoms with E-state index in [1.54, 1.807) is 0 Å². The fourth-order valence-electron chi connectivity index (χ4n) is 8.35. The highest BCUT2D eigenvalue weighted by Gasteiger charge is 2.36. The number of allylic oxidation sites excluding steroid dienone is 5. The molecule has 2 unspecified atom stereocenters. The molecule has 2 nitrogen and oxygen atoms in total. The Bertz CT molecular complexity index is 2500. The van der Waals surface area contributed by atoms with Gasteiger partial charge in [-0.2, -0.15) is 0 Å². The van der Waals surface area contributed by atoms with Gasteiger partial charge in [0.1, 0.15) is 5.82 Å². The lowest BCUT2D eigenvalue weighted by Crippen LogP contribution is -2.32. The zero-order valence-corrected chi connectivity index (χ0v) is 29.4. The van der Waals surface area contributed by atoms with Crippen LogP contribution in [0.1, 0.15) is 36.8 Å². The fourth-order valence-corrected chi connectivity index (χ4v) is 8.35. The van der Waals surface area contributed by atoms with Crippen LogP contribution >= 0.6 is 0 Å². The lowest BCUT2D eigenvalue weighted by atomic mass is 9.85.